The molecule has 1 rings (SSSR count). The van der Waals surface area contributed by atoms with Crippen LogP contribution in [0.2, 0.25) is 0 Å². The topological polar surface area (TPSA) is 50.1 Å². The van der Waals surface area contributed by atoms with E-state index in [-0.39, 0.29) is 17.8 Å². The molecule has 1 aliphatic carbocycles. The molecule has 0 N–H and O–H groups in total. The molecule has 2 atom stereocenters. The van der Waals surface area contributed by atoms with Gasteiger partial charge in [-0.2, -0.15) is 5.26 Å². The predicted molar refractivity (Wildman–Crippen MR) is 61.4 cm³/mol. The summed E-state index contributed by atoms with van der Waals surface area (Å²) in [7, 11) is 0. The molecule has 88 valence electrons. The molecular formula is C13H19NO2. The molecule has 0 aromatic heterocycles. The fraction of sp³-hybridized carbons (Fsp3) is 0.692. The molecule has 0 aromatic carbocycles. The summed E-state index contributed by atoms with van der Waals surface area (Å²) in [5.41, 5.74) is -0.519. The van der Waals surface area contributed by atoms with E-state index in [4.69, 9.17) is 10.00 Å². The van der Waals surface area contributed by atoms with E-state index in [1.807, 2.05) is 19.9 Å². The highest BCUT2D eigenvalue weighted by Crippen LogP contribution is 2.38. The van der Waals surface area contributed by atoms with Crippen LogP contribution in [0.4, 0.5) is 0 Å². The SMILES string of the molecule is CCOC(=O)C1CCC=CC1C(C)(C)C#N. The molecule has 0 saturated heterocycles. The lowest BCUT2D eigenvalue weighted by atomic mass is 9.69. The van der Waals surface area contributed by atoms with E-state index in [2.05, 4.69) is 12.1 Å². The van der Waals surface area contributed by atoms with Crippen LogP contribution in [-0.2, 0) is 9.53 Å². The standard InChI is InChI=1S/C13H19NO2/c1-4-16-12(15)10-7-5-6-8-11(10)13(2,3)9-14/h6,8,10-11H,4-5,7H2,1-3H3. The van der Waals surface area contributed by atoms with Gasteiger partial charge in [0.25, 0.3) is 0 Å². The van der Waals surface area contributed by atoms with Gasteiger partial charge in [-0.15, -0.1) is 0 Å². The first-order valence-electron chi connectivity index (χ1n) is 5.77. The quantitative estimate of drug-likeness (QED) is 0.544. The van der Waals surface area contributed by atoms with Gasteiger partial charge in [-0.25, -0.2) is 0 Å². The van der Waals surface area contributed by atoms with Gasteiger partial charge in [-0.3, -0.25) is 4.79 Å². The van der Waals surface area contributed by atoms with Gasteiger partial charge in [-0.1, -0.05) is 12.2 Å². The first kappa shape index (κ1) is 12.8. The molecule has 0 bridgehead atoms. The van der Waals surface area contributed by atoms with Crippen molar-refractivity contribution in [3.8, 4) is 6.07 Å². The number of carbonyl (C=O) groups is 1. The minimum atomic E-state index is -0.519. The lowest BCUT2D eigenvalue weighted by Crippen LogP contribution is -2.35. The summed E-state index contributed by atoms with van der Waals surface area (Å²) in [5.74, 6) is -0.370. The molecule has 0 amide bonds. The smallest absolute Gasteiger partial charge is 0.309 e. The van der Waals surface area contributed by atoms with Crippen LogP contribution >= 0.6 is 0 Å². The summed E-state index contributed by atoms with van der Waals surface area (Å²) in [6.07, 6.45) is 5.72. The van der Waals surface area contributed by atoms with Crippen molar-refractivity contribution >= 4 is 5.97 Å². The zero-order valence-corrected chi connectivity index (χ0v) is 10.2. The van der Waals surface area contributed by atoms with Gasteiger partial charge in [-0.05, 0) is 33.6 Å². The van der Waals surface area contributed by atoms with E-state index in [1.54, 1.807) is 6.92 Å². The molecule has 0 aliphatic heterocycles. The van der Waals surface area contributed by atoms with Crippen LogP contribution in [0.25, 0.3) is 0 Å². The Morgan fingerprint density at radius 1 is 1.62 bits per heavy atom. The number of ether oxygens (including phenoxy) is 1. The second-order valence-corrected chi connectivity index (χ2v) is 4.72. The summed E-state index contributed by atoms with van der Waals surface area (Å²) in [6.45, 7) is 5.96. The molecule has 0 aromatic rings. The van der Waals surface area contributed by atoms with E-state index < -0.39 is 5.41 Å². The van der Waals surface area contributed by atoms with Gasteiger partial charge in [0.1, 0.15) is 0 Å². The number of hydrogen-bond donors (Lipinski definition) is 0. The van der Waals surface area contributed by atoms with E-state index in [0.29, 0.717) is 6.61 Å². The van der Waals surface area contributed by atoms with Crippen molar-refractivity contribution in [1.82, 2.24) is 0 Å². The van der Waals surface area contributed by atoms with Crippen molar-refractivity contribution in [1.29, 1.82) is 5.26 Å². The van der Waals surface area contributed by atoms with Crippen molar-refractivity contribution in [2.45, 2.75) is 33.6 Å². The summed E-state index contributed by atoms with van der Waals surface area (Å²) < 4.78 is 5.07. The maximum absolute atomic E-state index is 11.8. The summed E-state index contributed by atoms with van der Waals surface area (Å²) >= 11 is 0. The van der Waals surface area contributed by atoms with Gasteiger partial charge >= 0.3 is 5.97 Å². The van der Waals surface area contributed by atoms with E-state index in [9.17, 15) is 4.79 Å². The fourth-order valence-corrected chi connectivity index (χ4v) is 2.16. The van der Waals surface area contributed by atoms with Gasteiger partial charge in [0, 0.05) is 5.92 Å². The lowest BCUT2D eigenvalue weighted by molar-refractivity contribution is -0.151. The van der Waals surface area contributed by atoms with Crippen LogP contribution < -0.4 is 0 Å². The maximum atomic E-state index is 11.8. The van der Waals surface area contributed by atoms with Crippen molar-refractivity contribution < 1.29 is 9.53 Å². The van der Waals surface area contributed by atoms with Crippen LogP contribution in [-0.4, -0.2) is 12.6 Å². The van der Waals surface area contributed by atoms with Crippen molar-refractivity contribution in [2.24, 2.45) is 17.3 Å². The van der Waals surface area contributed by atoms with Gasteiger partial charge in [0.15, 0.2) is 0 Å². The Hall–Kier alpha value is -1.30. The summed E-state index contributed by atoms with van der Waals surface area (Å²) in [5, 5.41) is 9.14. The molecule has 3 nitrogen and oxygen atoms in total. The number of nitriles is 1. The molecule has 3 heteroatoms. The van der Waals surface area contributed by atoms with Crippen molar-refractivity contribution in [3.05, 3.63) is 12.2 Å². The molecular weight excluding hydrogens is 202 g/mol. The minimum Gasteiger partial charge on any atom is -0.466 e. The zero-order chi connectivity index (χ0) is 12.2. The predicted octanol–water partition coefficient (Wildman–Crippen LogP) is 2.68. The normalized spacial score (nSPS) is 24.9. The molecule has 0 saturated carbocycles. The Morgan fingerprint density at radius 3 is 2.88 bits per heavy atom. The highest BCUT2D eigenvalue weighted by atomic mass is 16.5. The van der Waals surface area contributed by atoms with E-state index >= 15 is 0 Å². The van der Waals surface area contributed by atoms with Crippen LogP contribution in [0.5, 0.6) is 0 Å². The van der Waals surface area contributed by atoms with Gasteiger partial charge in [0.2, 0.25) is 0 Å². The lowest BCUT2D eigenvalue weighted by Gasteiger charge is -2.33. The number of esters is 1. The average Bonchev–Trinajstić information content (AvgIpc) is 2.29. The number of allylic oxidation sites excluding steroid dienone is 2. The second kappa shape index (κ2) is 5.16. The molecule has 16 heavy (non-hydrogen) atoms. The zero-order valence-electron chi connectivity index (χ0n) is 10.2. The Labute approximate surface area is 97.1 Å². The van der Waals surface area contributed by atoms with Gasteiger partial charge < -0.3 is 4.74 Å². The third-order valence-electron chi connectivity index (χ3n) is 3.13. The van der Waals surface area contributed by atoms with E-state index in [0.717, 1.165) is 12.8 Å². The third kappa shape index (κ3) is 2.63. The molecule has 0 radical (unpaired) electrons. The Balaban J connectivity index is 2.87. The number of nitrogens with zero attached hydrogens (tertiary/aromatic N) is 1. The Bertz CT molecular complexity index is 325. The first-order valence-corrected chi connectivity index (χ1v) is 5.77. The second-order valence-electron chi connectivity index (χ2n) is 4.72. The van der Waals surface area contributed by atoms with E-state index in [1.165, 1.54) is 0 Å². The Kier molecular flexibility index (Phi) is 4.12. The molecule has 0 fully saturated rings. The highest BCUT2D eigenvalue weighted by Gasteiger charge is 2.39. The molecule has 1 aliphatic rings. The first-order chi connectivity index (χ1) is 7.53. The average molecular weight is 221 g/mol. The highest BCUT2D eigenvalue weighted by molar-refractivity contribution is 5.73. The fourth-order valence-electron chi connectivity index (χ4n) is 2.16. The molecule has 0 spiro atoms. The van der Waals surface area contributed by atoms with Crippen LogP contribution in [0.15, 0.2) is 12.2 Å². The van der Waals surface area contributed by atoms with Crippen LogP contribution in [0.1, 0.15) is 33.6 Å². The van der Waals surface area contributed by atoms with Gasteiger partial charge in [0.05, 0.1) is 24.0 Å². The summed E-state index contributed by atoms with van der Waals surface area (Å²) in [4.78, 5) is 11.8. The molecule has 0 heterocycles. The van der Waals surface area contributed by atoms with Crippen LogP contribution in [0, 0.1) is 28.6 Å². The maximum Gasteiger partial charge on any atom is 0.309 e. The number of rotatable bonds is 3. The number of hydrogen-bond acceptors (Lipinski definition) is 3. The van der Waals surface area contributed by atoms with Crippen LogP contribution in [0.3, 0.4) is 0 Å². The van der Waals surface area contributed by atoms with Crippen molar-refractivity contribution in [3.63, 3.8) is 0 Å². The Morgan fingerprint density at radius 2 is 2.31 bits per heavy atom. The summed E-state index contributed by atoms with van der Waals surface area (Å²) in [6, 6.07) is 2.28. The monoisotopic (exact) mass is 221 g/mol. The number of carbonyl (C=O) groups excluding carboxylic acids is 1. The van der Waals surface area contributed by atoms with Crippen molar-refractivity contribution in [2.75, 3.05) is 6.61 Å². The molecule has 2 unspecified atom stereocenters. The minimum absolute atomic E-state index is 0.0368. The third-order valence-corrected chi connectivity index (χ3v) is 3.13. The largest absolute Gasteiger partial charge is 0.466 e.